The van der Waals surface area contributed by atoms with E-state index >= 15 is 0 Å². The Balaban J connectivity index is 1.95. The van der Waals surface area contributed by atoms with Crippen LogP contribution in [-0.4, -0.2) is 13.1 Å². The van der Waals surface area contributed by atoms with E-state index in [1.807, 2.05) is 0 Å². The molecule has 0 aromatic heterocycles. The number of hydrogen-bond acceptors (Lipinski definition) is 1. The Morgan fingerprint density at radius 3 is 2.16 bits per heavy atom. The highest BCUT2D eigenvalue weighted by Gasteiger charge is 2.18. The summed E-state index contributed by atoms with van der Waals surface area (Å²) in [5.74, 6) is 1.01. The zero-order valence-corrected chi connectivity index (χ0v) is 13.6. The first-order valence-corrected chi connectivity index (χ1v) is 9.04. The summed E-state index contributed by atoms with van der Waals surface area (Å²) in [6.07, 6.45) is 20.4. The van der Waals surface area contributed by atoms with Gasteiger partial charge in [-0.15, -0.1) is 0 Å². The standard InChI is InChI=1S/C18H37N/c1-3-4-5-6-7-8-9-10-13-17-14-11-12-15-18(16-17)19-2/h17-19H,3-16H2,1-2H3. The van der Waals surface area contributed by atoms with Crippen LogP contribution >= 0.6 is 0 Å². The third-order valence-corrected chi connectivity index (χ3v) is 4.91. The van der Waals surface area contributed by atoms with Gasteiger partial charge in [0.05, 0.1) is 0 Å². The third kappa shape index (κ3) is 8.68. The normalized spacial score (nSPS) is 24.3. The molecule has 0 aromatic rings. The fourth-order valence-corrected chi connectivity index (χ4v) is 3.55. The van der Waals surface area contributed by atoms with Gasteiger partial charge in [0.25, 0.3) is 0 Å². The summed E-state index contributed by atoms with van der Waals surface area (Å²) < 4.78 is 0. The van der Waals surface area contributed by atoms with Crippen molar-refractivity contribution in [3.63, 3.8) is 0 Å². The maximum absolute atomic E-state index is 3.50. The second-order valence-electron chi connectivity index (χ2n) is 6.64. The maximum Gasteiger partial charge on any atom is 0.00667 e. The first-order chi connectivity index (χ1) is 9.36. The number of rotatable bonds is 10. The molecular weight excluding hydrogens is 230 g/mol. The molecule has 1 saturated carbocycles. The molecule has 0 spiro atoms. The van der Waals surface area contributed by atoms with E-state index in [0.29, 0.717) is 0 Å². The van der Waals surface area contributed by atoms with Crippen molar-refractivity contribution in [2.75, 3.05) is 7.05 Å². The average molecular weight is 268 g/mol. The molecule has 1 fully saturated rings. The van der Waals surface area contributed by atoms with Crippen LogP contribution in [0.25, 0.3) is 0 Å². The van der Waals surface area contributed by atoms with Crippen LogP contribution < -0.4 is 5.32 Å². The van der Waals surface area contributed by atoms with E-state index in [2.05, 4.69) is 19.3 Å². The van der Waals surface area contributed by atoms with Crippen LogP contribution in [0.4, 0.5) is 0 Å². The van der Waals surface area contributed by atoms with Crippen molar-refractivity contribution < 1.29 is 0 Å². The van der Waals surface area contributed by atoms with Crippen LogP contribution in [0.3, 0.4) is 0 Å². The highest BCUT2D eigenvalue weighted by Crippen LogP contribution is 2.27. The Morgan fingerprint density at radius 2 is 1.47 bits per heavy atom. The van der Waals surface area contributed by atoms with Gasteiger partial charge in [-0.05, 0) is 25.8 Å². The fourth-order valence-electron chi connectivity index (χ4n) is 3.55. The lowest BCUT2D eigenvalue weighted by Crippen LogP contribution is -2.26. The van der Waals surface area contributed by atoms with Crippen LogP contribution in [0, 0.1) is 5.92 Å². The maximum atomic E-state index is 3.50. The zero-order chi connectivity index (χ0) is 13.8. The first-order valence-electron chi connectivity index (χ1n) is 9.04. The summed E-state index contributed by atoms with van der Waals surface area (Å²) >= 11 is 0. The Kier molecular flexibility index (Phi) is 10.5. The molecule has 19 heavy (non-hydrogen) atoms. The van der Waals surface area contributed by atoms with Crippen molar-refractivity contribution in [1.82, 2.24) is 5.32 Å². The molecule has 0 amide bonds. The highest BCUT2D eigenvalue weighted by atomic mass is 14.9. The Hall–Kier alpha value is -0.0400. The Bertz CT molecular complexity index is 190. The van der Waals surface area contributed by atoms with Crippen molar-refractivity contribution in [3.8, 4) is 0 Å². The van der Waals surface area contributed by atoms with Crippen molar-refractivity contribution in [3.05, 3.63) is 0 Å². The SMILES string of the molecule is CCCCCCCCCCC1CCCCC(NC)C1. The van der Waals surface area contributed by atoms with Crippen molar-refractivity contribution >= 4 is 0 Å². The first kappa shape index (κ1) is 17.0. The molecule has 1 nitrogen and oxygen atoms in total. The Morgan fingerprint density at radius 1 is 0.842 bits per heavy atom. The largest absolute Gasteiger partial charge is 0.317 e. The van der Waals surface area contributed by atoms with Crippen molar-refractivity contribution in [2.24, 2.45) is 5.92 Å². The van der Waals surface area contributed by atoms with Gasteiger partial charge in [0, 0.05) is 6.04 Å². The van der Waals surface area contributed by atoms with Crippen molar-refractivity contribution in [1.29, 1.82) is 0 Å². The fraction of sp³-hybridized carbons (Fsp3) is 1.00. The topological polar surface area (TPSA) is 12.0 Å². The van der Waals surface area contributed by atoms with Gasteiger partial charge in [0.15, 0.2) is 0 Å². The third-order valence-electron chi connectivity index (χ3n) is 4.91. The smallest absolute Gasteiger partial charge is 0.00667 e. The van der Waals surface area contributed by atoms with Gasteiger partial charge in [-0.1, -0.05) is 84.0 Å². The average Bonchev–Trinajstić information content (AvgIpc) is 2.67. The molecule has 114 valence electrons. The molecule has 0 aromatic carbocycles. The minimum Gasteiger partial charge on any atom is -0.317 e. The molecule has 2 atom stereocenters. The molecule has 1 rings (SSSR count). The lowest BCUT2D eigenvalue weighted by molar-refractivity contribution is 0.367. The molecule has 1 N–H and O–H groups in total. The van der Waals surface area contributed by atoms with Crippen molar-refractivity contribution in [2.45, 2.75) is 103 Å². The molecule has 0 bridgehead atoms. The zero-order valence-electron chi connectivity index (χ0n) is 13.6. The van der Waals surface area contributed by atoms with E-state index in [0.717, 1.165) is 12.0 Å². The lowest BCUT2D eigenvalue weighted by atomic mass is 9.92. The van der Waals surface area contributed by atoms with Gasteiger partial charge in [-0.2, -0.15) is 0 Å². The van der Waals surface area contributed by atoms with E-state index in [1.165, 1.54) is 89.9 Å². The highest BCUT2D eigenvalue weighted by molar-refractivity contribution is 4.75. The number of unbranched alkanes of at least 4 members (excludes halogenated alkanes) is 7. The summed E-state index contributed by atoms with van der Waals surface area (Å²) in [4.78, 5) is 0. The molecule has 0 saturated heterocycles. The van der Waals surface area contributed by atoms with Gasteiger partial charge in [-0.3, -0.25) is 0 Å². The number of nitrogens with one attached hydrogen (secondary N) is 1. The predicted octanol–water partition coefficient (Wildman–Crippen LogP) is 5.69. The molecule has 1 aliphatic rings. The minimum absolute atomic E-state index is 0.807. The monoisotopic (exact) mass is 267 g/mol. The van der Waals surface area contributed by atoms with Gasteiger partial charge in [0.1, 0.15) is 0 Å². The van der Waals surface area contributed by atoms with E-state index < -0.39 is 0 Å². The molecule has 0 radical (unpaired) electrons. The van der Waals surface area contributed by atoms with Gasteiger partial charge >= 0.3 is 0 Å². The lowest BCUT2D eigenvalue weighted by Gasteiger charge is -2.19. The van der Waals surface area contributed by atoms with Crippen LogP contribution in [0.15, 0.2) is 0 Å². The second kappa shape index (κ2) is 11.8. The summed E-state index contributed by atoms with van der Waals surface area (Å²) in [5, 5.41) is 3.50. The summed E-state index contributed by atoms with van der Waals surface area (Å²) in [6, 6.07) is 0.807. The minimum atomic E-state index is 0.807. The van der Waals surface area contributed by atoms with Crippen LogP contribution in [-0.2, 0) is 0 Å². The van der Waals surface area contributed by atoms with E-state index in [4.69, 9.17) is 0 Å². The predicted molar refractivity (Wildman–Crippen MR) is 86.6 cm³/mol. The second-order valence-corrected chi connectivity index (χ2v) is 6.64. The van der Waals surface area contributed by atoms with Crippen LogP contribution in [0.2, 0.25) is 0 Å². The van der Waals surface area contributed by atoms with E-state index in [1.54, 1.807) is 0 Å². The molecule has 2 unspecified atom stereocenters. The van der Waals surface area contributed by atoms with Gasteiger partial charge < -0.3 is 5.32 Å². The van der Waals surface area contributed by atoms with Gasteiger partial charge in [0.2, 0.25) is 0 Å². The van der Waals surface area contributed by atoms with Gasteiger partial charge in [-0.25, -0.2) is 0 Å². The summed E-state index contributed by atoms with van der Waals surface area (Å²) in [5.41, 5.74) is 0. The molecule has 0 aliphatic heterocycles. The van der Waals surface area contributed by atoms with Crippen LogP contribution in [0.5, 0.6) is 0 Å². The summed E-state index contributed by atoms with van der Waals surface area (Å²) in [7, 11) is 2.14. The molecule has 1 heteroatoms. The number of hydrogen-bond donors (Lipinski definition) is 1. The molecule has 0 heterocycles. The molecular formula is C18H37N. The van der Waals surface area contributed by atoms with E-state index in [9.17, 15) is 0 Å². The molecule has 1 aliphatic carbocycles. The quantitative estimate of drug-likeness (QED) is 0.396. The van der Waals surface area contributed by atoms with Crippen LogP contribution in [0.1, 0.15) is 96.8 Å². The summed E-state index contributed by atoms with van der Waals surface area (Å²) in [6.45, 7) is 2.30. The van der Waals surface area contributed by atoms with E-state index in [-0.39, 0.29) is 0 Å². The Labute approximate surface area is 121 Å².